The van der Waals surface area contributed by atoms with E-state index in [1.807, 2.05) is 55.5 Å². The van der Waals surface area contributed by atoms with Crippen LogP contribution in [0.15, 0.2) is 58.2 Å². The molecule has 28 heavy (non-hydrogen) atoms. The quantitative estimate of drug-likeness (QED) is 0.432. The van der Waals surface area contributed by atoms with Crippen LogP contribution in [0, 0.1) is 0 Å². The Morgan fingerprint density at radius 3 is 2.75 bits per heavy atom. The lowest BCUT2D eigenvalue weighted by molar-refractivity contribution is 0.341. The smallest absolute Gasteiger partial charge is 0.237 e. The van der Waals surface area contributed by atoms with Crippen LogP contribution in [0.4, 0.5) is 0 Å². The molecule has 0 fully saturated rings. The Morgan fingerprint density at radius 1 is 1.11 bits per heavy atom. The molecular weight excluding hydrogens is 398 g/mol. The summed E-state index contributed by atoms with van der Waals surface area (Å²) in [6, 6.07) is 15.0. The molecular formula is C19H16ClN5O2S. The molecule has 0 amide bonds. The molecule has 4 aromatic rings. The molecule has 2 aromatic heterocycles. The molecule has 0 bridgehead atoms. The first kappa shape index (κ1) is 18.5. The number of benzene rings is 2. The number of rotatable bonds is 7. The number of nitrogens with zero attached hydrogens (tertiary/aromatic N) is 4. The first-order valence-electron chi connectivity index (χ1n) is 8.59. The molecule has 2 aromatic carbocycles. The Morgan fingerprint density at radius 2 is 1.93 bits per heavy atom. The summed E-state index contributed by atoms with van der Waals surface area (Å²) in [6.45, 7) is 2.50. The summed E-state index contributed by atoms with van der Waals surface area (Å²) in [5.74, 6) is 2.85. The van der Waals surface area contributed by atoms with Crippen LogP contribution < -0.4 is 4.74 Å². The van der Waals surface area contributed by atoms with Crippen molar-refractivity contribution < 1.29 is 9.26 Å². The van der Waals surface area contributed by atoms with Crippen molar-refractivity contribution in [3.05, 3.63) is 59.4 Å². The number of ether oxygens (including phenoxy) is 1. The van der Waals surface area contributed by atoms with Gasteiger partial charge in [-0.25, -0.2) is 4.98 Å². The number of H-pyrrole nitrogens is 1. The van der Waals surface area contributed by atoms with Gasteiger partial charge in [0.1, 0.15) is 5.75 Å². The number of nitrogens with one attached hydrogen (secondary N) is 1. The van der Waals surface area contributed by atoms with E-state index < -0.39 is 0 Å². The van der Waals surface area contributed by atoms with Gasteiger partial charge in [-0.3, -0.25) is 5.10 Å². The Kier molecular flexibility index (Phi) is 5.59. The van der Waals surface area contributed by atoms with Crippen LogP contribution in [-0.2, 0) is 5.75 Å². The fraction of sp³-hybridized carbons (Fsp3) is 0.158. The maximum atomic E-state index is 5.91. The average molecular weight is 414 g/mol. The molecule has 0 saturated heterocycles. The first-order valence-corrected chi connectivity index (χ1v) is 9.95. The lowest BCUT2D eigenvalue weighted by atomic mass is 10.2. The van der Waals surface area contributed by atoms with Crippen molar-refractivity contribution in [2.45, 2.75) is 17.8 Å². The number of thioether (sulfide) groups is 1. The summed E-state index contributed by atoms with van der Waals surface area (Å²) < 4.78 is 11.0. The number of halogens is 1. The second-order valence-corrected chi connectivity index (χ2v) is 7.08. The monoisotopic (exact) mass is 413 g/mol. The average Bonchev–Trinajstić information content (AvgIpc) is 3.37. The van der Waals surface area contributed by atoms with Crippen molar-refractivity contribution in [2.24, 2.45) is 0 Å². The molecule has 0 aliphatic rings. The lowest BCUT2D eigenvalue weighted by Crippen LogP contribution is -1.94. The van der Waals surface area contributed by atoms with Crippen molar-refractivity contribution in [1.82, 2.24) is 25.3 Å². The van der Waals surface area contributed by atoms with Gasteiger partial charge >= 0.3 is 0 Å². The molecule has 7 nitrogen and oxygen atoms in total. The van der Waals surface area contributed by atoms with Crippen molar-refractivity contribution in [3.63, 3.8) is 0 Å². The number of aromatic nitrogens is 5. The van der Waals surface area contributed by atoms with Gasteiger partial charge in [-0.2, -0.15) is 4.98 Å². The molecule has 0 atom stereocenters. The van der Waals surface area contributed by atoms with Crippen LogP contribution in [0.2, 0.25) is 5.02 Å². The number of hydrogen-bond acceptors (Lipinski definition) is 7. The number of para-hydroxylation sites is 1. The van der Waals surface area contributed by atoms with Gasteiger partial charge in [-0.05, 0) is 43.3 Å². The minimum Gasteiger partial charge on any atom is -0.493 e. The van der Waals surface area contributed by atoms with E-state index in [0.717, 1.165) is 16.9 Å². The summed E-state index contributed by atoms with van der Waals surface area (Å²) >= 11 is 7.32. The van der Waals surface area contributed by atoms with Crippen LogP contribution in [0.3, 0.4) is 0 Å². The fourth-order valence-corrected chi connectivity index (χ4v) is 3.29. The van der Waals surface area contributed by atoms with E-state index >= 15 is 0 Å². The summed E-state index contributed by atoms with van der Waals surface area (Å²) in [7, 11) is 0. The summed E-state index contributed by atoms with van der Waals surface area (Å²) in [5, 5.41) is 12.5. The molecule has 9 heteroatoms. The molecule has 4 rings (SSSR count). The van der Waals surface area contributed by atoms with Gasteiger partial charge in [-0.1, -0.05) is 40.7 Å². The summed E-state index contributed by atoms with van der Waals surface area (Å²) in [6.07, 6.45) is 0. The van der Waals surface area contributed by atoms with Crippen molar-refractivity contribution in [2.75, 3.05) is 6.61 Å². The highest BCUT2D eigenvalue weighted by Crippen LogP contribution is 2.29. The van der Waals surface area contributed by atoms with E-state index in [2.05, 4.69) is 25.3 Å². The molecule has 0 unspecified atom stereocenters. The third-order valence-corrected chi connectivity index (χ3v) is 4.89. The zero-order valence-electron chi connectivity index (χ0n) is 14.9. The van der Waals surface area contributed by atoms with E-state index in [0.29, 0.717) is 40.1 Å². The Bertz CT molecular complexity index is 1060. The highest BCUT2D eigenvalue weighted by molar-refractivity contribution is 7.98. The first-order chi connectivity index (χ1) is 13.7. The minimum absolute atomic E-state index is 0.460. The number of aromatic amines is 1. The standard InChI is InChI=1S/C19H16ClN5O2S/c1-2-26-15-6-4-3-5-14(15)18-21-16(27-25-18)11-28-19-22-17(23-24-19)12-7-9-13(20)10-8-12/h3-10H,2,11H2,1H3,(H,22,23,24). The van der Waals surface area contributed by atoms with Crippen molar-refractivity contribution >= 4 is 23.4 Å². The van der Waals surface area contributed by atoms with Gasteiger partial charge in [-0.15, -0.1) is 5.10 Å². The van der Waals surface area contributed by atoms with Crippen molar-refractivity contribution in [3.8, 4) is 28.5 Å². The second-order valence-electron chi connectivity index (χ2n) is 5.70. The molecule has 0 saturated carbocycles. The number of hydrogen-bond donors (Lipinski definition) is 1. The Hall–Kier alpha value is -2.84. The largest absolute Gasteiger partial charge is 0.493 e. The van der Waals surface area contributed by atoms with Crippen LogP contribution in [0.25, 0.3) is 22.8 Å². The van der Waals surface area contributed by atoms with E-state index in [4.69, 9.17) is 20.9 Å². The Balaban J connectivity index is 1.44. The van der Waals surface area contributed by atoms with Crippen LogP contribution >= 0.6 is 23.4 Å². The van der Waals surface area contributed by atoms with E-state index in [1.54, 1.807) is 0 Å². The van der Waals surface area contributed by atoms with Crippen LogP contribution in [0.5, 0.6) is 5.75 Å². The Labute approximate surface area is 170 Å². The van der Waals surface area contributed by atoms with Crippen LogP contribution in [0.1, 0.15) is 12.8 Å². The van der Waals surface area contributed by atoms with Gasteiger partial charge in [0.15, 0.2) is 5.82 Å². The molecule has 2 heterocycles. The molecule has 1 N–H and O–H groups in total. The SMILES string of the molecule is CCOc1ccccc1-c1noc(CSc2n[nH]c(-c3ccc(Cl)cc3)n2)n1. The van der Waals surface area contributed by atoms with Gasteiger partial charge in [0.25, 0.3) is 0 Å². The molecule has 142 valence electrons. The van der Waals surface area contributed by atoms with Crippen molar-refractivity contribution in [1.29, 1.82) is 0 Å². The maximum Gasteiger partial charge on any atom is 0.237 e. The molecule has 0 aliphatic heterocycles. The predicted octanol–water partition coefficient (Wildman–Crippen LogP) is 4.87. The van der Waals surface area contributed by atoms with Gasteiger partial charge in [0.2, 0.25) is 16.9 Å². The topological polar surface area (TPSA) is 89.7 Å². The molecule has 0 spiro atoms. The van der Waals surface area contributed by atoms with Gasteiger partial charge in [0.05, 0.1) is 17.9 Å². The van der Waals surface area contributed by atoms with Crippen LogP contribution in [-0.4, -0.2) is 31.9 Å². The van der Waals surface area contributed by atoms with Gasteiger partial charge < -0.3 is 9.26 Å². The highest BCUT2D eigenvalue weighted by atomic mass is 35.5. The van der Waals surface area contributed by atoms with E-state index in [9.17, 15) is 0 Å². The van der Waals surface area contributed by atoms with E-state index in [-0.39, 0.29) is 0 Å². The minimum atomic E-state index is 0.460. The molecule has 0 radical (unpaired) electrons. The zero-order valence-corrected chi connectivity index (χ0v) is 16.5. The normalized spacial score (nSPS) is 10.9. The maximum absolute atomic E-state index is 5.91. The summed E-state index contributed by atoms with van der Waals surface area (Å²) in [4.78, 5) is 8.93. The third-order valence-electron chi connectivity index (χ3n) is 3.80. The summed E-state index contributed by atoms with van der Waals surface area (Å²) in [5.41, 5.74) is 1.71. The second kappa shape index (κ2) is 8.45. The fourth-order valence-electron chi connectivity index (χ4n) is 2.53. The third kappa shape index (κ3) is 4.18. The molecule has 0 aliphatic carbocycles. The van der Waals surface area contributed by atoms with E-state index in [1.165, 1.54) is 11.8 Å². The lowest BCUT2D eigenvalue weighted by Gasteiger charge is -2.05. The highest BCUT2D eigenvalue weighted by Gasteiger charge is 2.14. The van der Waals surface area contributed by atoms with Gasteiger partial charge in [0, 0.05) is 10.6 Å². The predicted molar refractivity (Wildman–Crippen MR) is 107 cm³/mol. The zero-order chi connectivity index (χ0) is 19.3.